The first-order valence-electron chi connectivity index (χ1n) is 7.33. The highest BCUT2D eigenvalue weighted by molar-refractivity contribution is 8.00. The van der Waals surface area contributed by atoms with Gasteiger partial charge in [-0.25, -0.2) is 0 Å². The maximum atomic E-state index is 12.3. The van der Waals surface area contributed by atoms with E-state index in [1.807, 2.05) is 43.4 Å². The van der Waals surface area contributed by atoms with Crippen molar-refractivity contribution in [2.24, 2.45) is 0 Å². The minimum atomic E-state index is 0.109. The Labute approximate surface area is 139 Å². The number of fused-ring (bicyclic) bond motifs is 1. The van der Waals surface area contributed by atoms with E-state index in [1.54, 1.807) is 23.5 Å². The fourth-order valence-corrected chi connectivity index (χ4v) is 3.10. The van der Waals surface area contributed by atoms with Gasteiger partial charge in [0.25, 0.3) is 0 Å². The second kappa shape index (κ2) is 7.24. The van der Waals surface area contributed by atoms with Crippen LogP contribution in [0, 0.1) is 0 Å². The summed E-state index contributed by atoms with van der Waals surface area (Å²) in [5, 5.41) is 1.09. The normalized spacial score (nSPS) is 10.7. The largest absolute Gasteiger partial charge is 0.341 e. The summed E-state index contributed by atoms with van der Waals surface area (Å²) in [5.41, 5.74) is 2.08. The SMILES string of the molecule is CN(Cc1ccc2ncccc2c1)C(=O)CSc1ccncc1. The second-order valence-corrected chi connectivity index (χ2v) is 6.30. The van der Waals surface area contributed by atoms with E-state index in [1.165, 1.54) is 11.8 Å². The molecular weight excluding hydrogens is 306 g/mol. The van der Waals surface area contributed by atoms with Crippen molar-refractivity contribution in [3.8, 4) is 0 Å². The van der Waals surface area contributed by atoms with Crippen LogP contribution in [0.2, 0.25) is 0 Å². The zero-order valence-electron chi connectivity index (χ0n) is 12.8. The molecule has 4 nitrogen and oxygen atoms in total. The van der Waals surface area contributed by atoms with Crippen molar-refractivity contribution in [2.45, 2.75) is 11.4 Å². The third kappa shape index (κ3) is 4.07. The molecule has 23 heavy (non-hydrogen) atoms. The summed E-state index contributed by atoms with van der Waals surface area (Å²) in [6.07, 6.45) is 5.26. The molecule has 3 rings (SSSR count). The van der Waals surface area contributed by atoms with Crippen LogP contribution in [0.4, 0.5) is 0 Å². The first-order chi connectivity index (χ1) is 11.2. The number of nitrogens with zero attached hydrogens (tertiary/aromatic N) is 3. The Kier molecular flexibility index (Phi) is 4.88. The molecule has 0 unspecified atom stereocenters. The van der Waals surface area contributed by atoms with Crippen molar-refractivity contribution >= 4 is 28.6 Å². The number of pyridine rings is 2. The number of benzene rings is 1. The zero-order chi connectivity index (χ0) is 16.1. The quantitative estimate of drug-likeness (QED) is 0.675. The van der Waals surface area contributed by atoms with Crippen LogP contribution >= 0.6 is 11.8 Å². The van der Waals surface area contributed by atoms with Crippen molar-refractivity contribution in [2.75, 3.05) is 12.8 Å². The van der Waals surface area contributed by atoms with E-state index in [4.69, 9.17) is 0 Å². The Bertz CT molecular complexity index is 807. The number of hydrogen-bond acceptors (Lipinski definition) is 4. The van der Waals surface area contributed by atoms with Crippen LogP contribution in [0.5, 0.6) is 0 Å². The summed E-state index contributed by atoms with van der Waals surface area (Å²) in [6.45, 7) is 0.598. The van der Waals surface area contributed by atoms with Crippen LogP contribution in [-0.2, 0) is 11.3 Å². The molecular formula is C18H17N3OS. The summed E-state index contributed by atoms with van der Waals surface area (Å²) < 4.78 is 0. The monoisotopic (exact) mass is 323 g/mol. The molecule has 1 aromatic carbocycles. The summed E-state index contributed by atoms with van der Waals surface area (Å²) >= 11 is 1.53. The molecule has 0 fully saturated rings. The summed E-state index contributed by atoms with van der Waals surface area (Å²) in [7, 11) is 1.84. The summed E-state index contributed by atoms with van der Waals surface area (Å²) in [4.78, 5) is 23.4. The molecule has 0 radical (unpaired) electrons. The minimum Gasteiger partial charge on any atom is -0.341 e. The highest BCUT2D eigenvalue weighted by Crippen LogP contribution is 2.18. The van der Waals surface area contributed by atoms with Crippen LogP contribution in [0.25, 0.3) is 10.9 Å². The lowest BCUT2D eigenvalue weighted by atomic mass is 10.1. The number of thioether (sulfide) groups is 1. The van der Waals surface area contributed by atoms with Gasteiger partial charge in [-0.2, -0.15) is 0 Å². The van der Waals surface area contributed by atoms with Gasteiger partial charge in [0, 0.05) is 42.5 Å². The number of carbonyl (C=O) groups excluding carboxylic acids is 1. The van der Waals surface area contributed by atoms with E-state index < -0.39 is 0 Å². The molecule has 2 aromatic heterocycles. The first kappa shape index (κ1) is 15.5. The molecule has 3 aromatic rings. The molecule has 0 atom stereocenters. The Morgan fingerprint density at radius 1 is 1.13 bits per heavy atom. The van der Waals surface area contributed by atoms with Crippen LogP contribution in [-0.4, -0.2) is 33.6 Å². The fraction of sp³-hybridized carbons (Fsp3) is 0.167. The standard InChI is InChI=1S/C18H17N3OS/c1-21(18(22)13-23-16-6-9-19-10-7-16)12-14-4-5-17-15(11-14)3-2-8-20-17/h2-11H,12-13H2,1H3. The maximum Gasteiger partial charge on any atom is 0.232 e. The van der Waals surface area contributed by atoms with Crippen molar-refractivity contribution in [3.05, 3.63) is 66.6 Å². The maximum absolute atomic E-state index is 12.3. The van der Waals surface area contributed by atoms with E-state index in [0.717, 1.165) is 21.4 Å². The van der Waals surface area contributed by atoms with Gasteiger partial charge < -0.3 is 4.90 Å². The molecule has 0 saturated heterocycles. The van der Waals surface area contributed by atoms with Crippen molar-refractivity contribution < 1.29 is 4.79 Å². The molecule has 5 heteroatoms. The van der Waals surface area contributed by atoms with E-state index in [0.29, 0.717) is 12.3 Å². The van der Waals surface area contributed by atoms with Gasteiger partial charge in [0.2, 0.25) is 5.91 Å². The number of rotatable bonds is 5. The summed E-state index contributed by atoms with van der Waals surface area (Å²) in [6, 6.07) is 13.9. The topological polar surface area (TPSA) is 46.1 Å². The van der Waals surface area contributed by atoms with Gasteiger partial charge in [0.05, 0.1) is 11.3 Å². The number of amides is 1. The Morgan fingerprint density at radius 3 is 2.78 bits per heavy atom. The van der Waals surface area contributed by atoms with Gasteiger partial charge in [0.1, 0.15) is 0 Å². The second-order valence-electron chi connectivity index (χ2n) is 5.25. The van der Waals surface area contributed by atoms with Gasteiger partial charge >= 0.3 is 0 Å². The van der Waals surface area contributed by atoms with E-state index in [2.05, 4.69) is 16.0 Å². The Morgan fingerprint density at radius 2 is 1.96 bits per heavy atom. The molecule has 0 aliphatic rings. The number of aromatic nitrogens is 2. The molecule has 0 aliphatic heterocycles. The number of carbonyl (C=O) groups is 1. The van der Waals surface area contributed by atoms with Crippen LogP contribution < -0.4 is 0 Å². The Hall–Kier alpha value is -2.40. The van der Waals surface area contributed by atoms with Crippen LogP contribution in [0.3, 0.4) is 0 Å². The van der Waals surface area contributed by atoms with Gasteiger partial charge in [-0.15, -0.1) is 11.8 Å². The molecule has 1 amide bonds. The van der Waals surface area contributed by atoms with Crippen molar-refractivity contribution in [1.82, 2.24) is 14.9 Å². The molecule has 0 bridgehead atoms. The summed E-state index contributed by atoms with van der Waals surface area (Å²) in [5.74, 6) is 0.536. The zero-order valence-corrected chi connectivity index (χ0v) is 13.7. The third-order valence-electron chi connectivity index (χ3n) is 3.52. The molecule has 0 N–H and O–H groups in total. The van der Waals surface area contributed by atoms with Gasteiger partial charge in [0.15, 0.2) is 0 Å². The highest BCUT2D eigenvalue weighted by Gasteiger charge is 2.10. The van der Waals surface area contributed by atoms with Gasteiger partial charge in [-0.1, -0.05) is 12.1 Å². The van der Waals surface area contributed by atoms with E-state index in [-0.39, 0.29) is 5.91 Å². The van der Waals surface area contributed by atoms with E-state index >= 15 is 0 Å². The smallest absolute Gasteiger partial charge is 0.232 e. The minimum absolute atomic E-state index is 0.109. The average Bonchev–Trinajstić information content (AvgIpc) is 2.60. The first-order valence-corrected chi connectivity index (χ1v) is 8.31. The Balaban J connectivity index is 1.60. The predicted octanol–water partition coefficient (Wildman–Crippen LogP) is 3.38. The predicted molar refractivity (Wildman–Crippen MR) is 93.2 cm³/mol. The van der Waals surface area contributed by atoms with Crippen molar-refractivity contribution in [1.29, 1.82) is 0 Å². The molecule has 0 saturated carbocycles. The molecule has 2 heterocycles. The van der Waals surface area contributed by atoms with Gasteiger partial charge in [-0.05, 0) is 35.9 Å². The molecule has 116 valence electrons. The van der Waals surface area contributed by atoms with E-state index in [9.17, 15) is 4.79 Å². The molecule has 0 spiro atoms. The number of hydrogen-bond donors (Lipinski definition) is 0. The third-order valence-corrected chi connectivity index (χ3v) is 4.52. The van der Waals surface area contributed by atoms with Crippen LogP contribution in [0.1, 0.15) is 5.56 Å². The molecule has 0 aliphatic carbocycles. The lowest BCUT2D eigenvalue weighted by Crippen LogP contribution is -2.27. The average molecular weight is 323 g/mol. The lowest BCUT2D eigenvalue weighted by Gasteiger charge is -2.17. The highest BCUT2D eigenvalue weighted by atomic mass is 32.2. The fourth-order valence-electron chi connectivity index (χ4n) is 2.28. The lowest BCUT2D eigenvalue weighted by molar-refractivity contribution is -0.127. The van der Waals surface area contributed by atoms with Crippen LogP contribution in [0.15, 0.2) is 66.0 Å². The van der Waals surface area contributed by atoms with Crippen molar-refractivity contribution in [3.63, 3.8) is 0 Å². The van der Waals surface area contributed by atoms with Gasteiger partial charge in [-0.3, -0.25) is 14.8 Å².